The van der Waals surface area contributed by atoms with E-state index in [0.29, 0.717) is 28.0 Å². The van der Waals surface area contributed by atoms with Crippen molar-refractivity contribution < 1.29 is 4.42 Å². The molecule has 0 radical (unpaired) electrons. The molecule has 0 fully saturated rings. The third kappa shape index (κ3) is 3.37. The van der Waals surface area contributed by atoms with Crippen LogP contribution >= 0.6 is 23.1 Å². The summed E-state index contributed by atoms with van der Waals surface area (Å²) in [5.41, 5.74) is 3.25. The monoisotopic (exact) mass is 471 g/mol. The SMILES string of the molecule is Cc1ccccc1-n1c(=O)c2ccccc2n2c(SCc3coc(-c4cccs4)n3)nnc12. The van der Waals surface area contributed by atoms with Crippen LogP contribution in [0.1, 0.15) is 11.3 Å². The van der Waals surface area contributed by atoms with Crippen LogP contribution in [0.2, 0.25) is 0 Å². The van der Waals surface area contributed by atoms with E-state index in [2.05, 4.69) is 15.2 Å². The van der Waals surface area contributed by atoms with Gasteiger partial charge in [-0.05, 0) is 42.1 Å². The highest BCUT2D eigenvalue weighted by Gasteiger charge is 2.19. The average molecular weight is 472 g/mol. The minimum atomic E-state index is -0.117. The van der Waals surface area contributed by atoms with Crippen molar-refractivity contribution in [2.75, 3.05) is 0 Å². The van der Waals surface area contributed by atoms with E-state index in [0.717, 1.165) is 27.3 Å². The maximum atomic E-state index is 13.5. The molecule has 7 nitrogen and oxygen atoms in total. The standard InChI is InChI=1S/C24H17N5O2S2/c1-15-7-2-4-9-18(15)28-22(30)17-8-3-5-10-19(17)29-23(28)26-27-24(29)33-14-16-13-31-21(25-16)20-11-6-12-32-20/h2-13H,14H2,1H3. The number of thioether (sulfide) groups is 1. The van der Waals surface area contributed by atoms with Crippen LogP contribution in [0.3, 0.4) is 0 Å². The molecular weight excluding hydrogens is 454 g/mol. The summed E-state index contributed by atoms with van der Waals surface area (Å²) in [4.78, 5) is 19.0. The van der Waals surface area contributed by atoms with Crippen molar-refractivity contribution >= 4 is 39.8 Å². The van der Waals surface area contributed by atoms with Crippen LogP contribution in [-0.2, 0) is 5.75 Å². The third-order valence-electron chi connectivity index (χ3n) is 5.38. The molecule has 0 aliphatic rings. The summed E-state index contributed by atoms with van der Waals surface area (Å²) >= 11 is 3.09. The van der Waals surface area contributed by atoms with Crippen LogP contribution in [0.5, 0.6) is 0 Å². The summed E-state index contributed by atoms with van der Waals surface area (Å²) in [6.45, 7) is 1.98. The lowest BCUT2D eigenvalue weighted by molar-refractivity contribution is 0.575. The minimum absolute atomic E-state index is 0.117. The normalized spacial score (nSPS) is 11.5. The summed E-state index contributed by atoms with van der Waals surface area (Å²) in [6.07, 6.45) is 1.67. The Morgan fingerprint density at radius 2 is 1.88 bits per heavy atom. The second-order valence-corrected chi connectivity index (χ2v) is 9.36. The Hall–Kier alpha value is -3.69. The van der Waals surface area contributed by atoms with E-state index in [9.17, 15) is 4.79 Å². The van der Waals surface area contributed by atoms with Crippen molar-refractivity contribution in [2.45, 2.75) is 17.8 Å². The fourth-order valence-corrected chi connectivity index (χ4v) is 5.30. The molecule has 6 aromatic rings. The Morgan fingerprint density at radius 3 is 2.73 bits per heavy atom. The van der Waals surface area contributed by atoms with Gasteiger partial charge in [-0.25, -0.2) is 9.55 Å². The molecule has 0 atom stereocenters. The maximum Gasteiger partial charge on any atom is 0.267 e. The van der Waals surface area contributed by atoms with Crippen molar-refractivity contribution in [1.82, 2.24) is 24.1 Å². The fraction of sp³-hybridized carbons (Fsp3) is 0.0833. The highest BCUT2D eigenvalue weighted by atomic mass is 32.2. The Morgan fingerprint density at radius 1 is 1.03 bits per heavy atom. The van der Waals surface area contributed by atoms with E-state index >= 15 is 0 Å². The molecule has 0 aliphatic heterocycles. The van der Waals surface area contributed by atoms with Crippen LogP contribution in [0.15, 0.2) is 86.7 Å². The van der Waals surface area contributed by atoms with Gasteiger partial charge in [0.25, 0.3) is 5.56 Å². The molecule has 2 aromatic carbocycles. The molecule has 9 heteroatoms. The van der Waals surface area contributed by atoms with Gasteiger partial charge in [-0.15, -0.1) is 21.5 Å². The van der Waals surface area contributed by atoms with Gasteiger partial charge in [0.15, 0.2) is 5.16 Å². The van der Waals surface area contributed by atoms with Gasteiger partial charge in [-0.2, -0.15) is 0 Å². The number of hydrogen-bond donors (Lipinski definition) is 0. The first-order chi connectivity index (χ1) is 16.2. The molecule has 0 N–H and O–H groups in total. The van der Waals surface area contributed by atoms with Gasteiger partial charge in [-0.1, -0.05) is 48.2 Å². The number of aryl methyl sites for hydroxylation is 1. The highest BCUT2D eigenvalue weighted by Crippen LogP contribution is 2.28. The minimum Gasteiger partial charge on any atom is -0.444 e. The molecule has 0 amide bonds. The molecule has 4 heterocycles. The van der Waals surface area contributed by atoms with Crippen LogP contribution in [0.4, 0.5) is 0 Å². The van der Waals surface area contributed by atoms with E-state index in [-0.39, 0.29) is 5.56 Å². The second-order valence-electron chi connectivity index (χ2n) is 7.47. The van der Waals surface area contributed by atoms with Gasteiger partial charge in [0, 0.05) is 5.75 Å². The van der Waals surface area contributed by atoms with Crippen LogP contribution in [0.25, 0.3) is 33.1 Å². The number of nitrogens with zero attached hydrogens (tertiary/aromatic N) is 5. The van der Waals surface area contributed by atoms with Crippen molar-refractivity contribution in [3.8, 4) is 16.5 Å². The van der Waals surface area contributed by atoms with E-state index in [1.54, 1.807) is 22.2 Å². The lowest BCUT2D eigenvalue weighted by atomic mass is 10.2. The van der Waals surface area contributed by atoms with Gasteiger partial charge >= 0.3 is 0 Å². The second kappa shape index (κ2) is 8.02. The van der Waals surface area contributed by atoms with E-state index in [1.807, 2.05) is 77.4 Å². The van der Waals surface area contributed by atoms with Gasteiger partial charge < -0.3 is 4.42 Å². The summed E-state index contributed by atoms with van der Waals surface area (Å²) in [6, 6.07) is 19.3. The topological polar surface area (TPSA) is 78.2 Å². The highest BCUT2D eigenvalue weighted by molar-refractivity contribution is 7.98. The fourth-order valence-electron chi connectivity index (χ4n) is 3.83. The first kappa shape index (κ1) is 20.0. The van der Waals surface area contributed by atoms with Gasteiger partial charge in [-0.3, -0.25) is 9.20 Å². The first-order valence-corrected chi connectivity index (χ1v) is 12.1. The van der Waals surface area contributed by atoms with E-state index in [1.165, 1.54) is 11.8 Å². The molecule has 0 saturated carbocycles. The first-order valence-electron chi connectivity index (χ1n) is 10.3. The van der Waals surface area contributed by atoms with Crippen molar-refractivity contribution in [1.29, 1.82) is 0 Å². The molecule has 0 spiro atoms. The summed E-state index contributed by atoms with van der Waals surface area (Å²) < 4.78 is 9.22. The number of oxazole rings is 1. The average Bonchev–Trinajstić information content (AvgIpc) is 3.60. The summed E-state index contributed by atoms with van der Waals surface area (Å²) in [7, 11) is 0. The predicted molar refractivity (Wildman–Crippen MR) is 130 cm³/mol. The quantitative estimate of drug-likeness (QED) is 0.315. The summed E-state index contributed by atoms with van der Waals surface area (Å²) in [5, 5.41) is 12.1. The van der Waals surface area contributed by atoms with Gasteiger partial charge in [0.2, 0.25) is 11.7 Å². The van der Waals surface area contributed by atoms with E-state index < -0.39 is 0 Å². The number of hydrogen-bond acceptors (Lipinski definition) is 7. The largest absolute Gasteiger partial charge is 0.444 e. The predicted octanol–water partition coefficient (Wildman–Crippen LogP) is 5.35. The zero-order valence-electron chi connectivity index (χ0n) is 17.5. The van der Waals surface area contributed by atoms with Crippen molar-refractivity contribution in [2.24, 2.45) is 0 Å². The lowest BCUT2D eigenvalue weighted by Gasteiger charge is -2.13. The zero-order valence-corrected chi connectivity index (χ0v) is 19.1. The molecule has 33 heavy (non-hydrogen) atoms. The van der Waals surface area contributed by atoms with E-state index in [4.69, 9.17) is 4.42 Å². The molecule has 4 aromatic heterocycles. The Balaban J connectivity index is 1.46. The number of rotatable bonds is 5. The van der Waals surface area contributed by atoms with Gasteiger partial charge in [0.05, 0.1) is 27.2 Å². The third-order valence-corrected chi connectivity index (χ3v) is 7.20. The number of benzene rings is 2. The molecule has 0 unspecified atom stereocenters. The Bertz CT molecular complexity index is 1660. The molecule has 0 aliphatic carbocycles. The van der Waals surface area contributed by atoms with Crippen LogP contribution in [-0.4, -0.2) is 24.1 Å². The molecular formula is C24H17N5O2S2. The zero-order chi connectivity index (χ0) is 22.4. The van der Waals surface area contributed by atoms with Crippen LogP contribution < -0.4 is 5.56 Å². The number of fused-ring (bicyclic) bond motifs is 3. The smallest absolute Gasteiger partial charge is 0.267 e. The molecule has 162 valence electrons. The van der Waals surface area contributed by atoms with Gasteiger partial charge in [0.1, 0.15) is 6.26 Å². The number of aromatic nitrogens is 5. The van der Waals surface area contributed by atoms with Crippen molar-refractivity contribution in [3.05, 3.63) is 93.9 Å². The molecule has 6 rings (SSSR count). The Kier molecular flexibility index (Phi) is 4.85. The summed E-state index contributed by atoms with van der Waals surface area (Å²) in [5.74, 6) is 1.66. The Labute approximate surface area is 196 Å². The molecule has 0 bridgehead atoms. The van der Waals surface area contributed by atoms with Crippen LogP contribution in [0, 0.1) is 6.92 Å². The number of para-hydroxylation sites is 2. The van der Waals surface area contributed by atoms with Crippen molar-refractivity contribution in [3.63, 3.8) is 0 Å². The lowest BCUT2D eigenvalue weighted by Crippen LogP contribution is -2.22. The maximum absolute atomic E-state index is 13.5. The number of thiophene rings is 1. The molecule has 0 saturated heterocycles.